The third-order valence-corrected chi connectivity index (χ3v) is 4.11. The molecule has 0 unspecified atom stereocenters. The van der Waals surface area contributed by atoms with Crippen LogP contribution in [0.4, 0.5) is 5.82 Å². The molecular weight excluding hydrogens is 302 g/mol. The summed E-state index contributed by atoms with van der Waals surface area (Å²) in [7, 11) is 5.34. The number of aryl methyl sites for hydroxylation is 1. The Morgan fingerprint density at radius 3 is 2.62 bits per heavy atom. The van der Waals surface area contributed by atoms with Crippen molar-refractivity contribution in [3.63, 3.8) is 0 Å². The van der Waals surface area contributed by atoms with Crippen LogP contribution in [0.5, 0.6) is 11.5 Å². The van der Waals surface area contributed by atoms with Gasteiger partial charge >= 0.3 is 0 Å². The van der Waals surface area contributed by atoms with Crippen LogP contribution in [-0.4, -0.2) is 31.2 Å². The summed E-state index contributed by atoms with van der Waals surface area (Å²) in [5.74, 6) is 2.49. The molecule has 3 aromatic rings. The molecule has 24 heavy (non-hydrogen) atoms. The smallest absolute Gasteiger partial charge is 0.140 e. The van der Waals surface area contributed by atoms with Gasteiger partial charge in [0.2, 0.25) is 0 Å². The first kappa shape index (κ1) is 16.1. The topological polar surface area (TPSA) is 47.5 Å². The molecular formula is C19H21N3O2. The predicted molar refractivity (Wildman–Crippen MR) is 95.9 cm³/mol. The normalized spacial score (nSPS) is 10.7. The maximum absolute atomic E-state index is 5.50. The third kappa shape index (κ3) is 2.97. The van der Waals surface area contributed by atoms with E-state index in [1.165, 1.54) is 0 Å². The van der Waals surface area contributed by atoms with Crippen molar-refractivity contribution >= 4 is 16.7 Å². The molecule has 3 rings (SSSR count). The van der Waals surface area contributed by atoms with Crippen molar-refractivity contribution in [2.75, 3.05) is 26.2 Å². The molecule has 124 valence electrons. The van der Waals surface area contributed by atoms with Crippen LogP contribution in [0.15, 0.2) is 42.7 Å². The zero-order valence-electron chi connectivity index (χ0n) is 14.4. The van der Waals surface area contributed by atoms with E-state index >= 15 is 0 Å². The third-order valence-electron chi connectivity index (χ3n) is 4.11. The fourth-order valence-corrected chi connectivity index (χ4v) is 2.86. The van der Waals surface area contributed by atoms with Crippen molar-refractivity contribution in [1.29, 1.82) is 0 Å². The number of fused-ring (bicyclic) bond motifs is 1. The van der Waals surface area contributed by atoms with Gasteiger partial charge in [0.15, 0.2) is 0 Å². The number of nitrogens with zero attached hydrogens (tertiary/aromatic N) is 3. The predicted octanol–water partition coefficient (Wildman–Crippen LogP) is 3.59. The van der Waals surface area contributed by atoms with Gasteiger partial charge in [-0.15, -0.1) is 0 Å². The summed E-state index contributed by atoms with van der Waals surface area (Å²) < 4.78 is 10.8. The second kappa shape index (κ2) is 6.74. The lowest BCUT2D eigenvalue weighted by molar-refractivity contribution is 0.391. The van der Waals surface area contributed by atoms with E-state index in [1.807, 2.05) is 37.4 Å². The van der Waals surface area contributed by atoms with Crippen LogP contribution in [0.3, 0.4) is 0 Å². The molecule has 0 N–H and O–H groups in total. The molecule has 1 aromatic heterocycles. The van der Waals surface area contributed by atoms with Gasteiger partial charge in [-0.05, 0) is 30.7 Å². The molecule has 2 aromatic carbocycles. The fraction of sp³-hybridized carbons (Fsp3) is 0.263. The highest BCUT2D eigenvalue weighted by Crippen LogP contribution is 2.29. The largest absolute Gasteiger partial charge is 0.497 e. The Balaban J connectivity index is 1.98. The maximum Gasteiger partial charge on any atom is 0.140 e. The number of methoxy groups -OCH3 is 2. The highest BCUT2D eigenvalue weighted by Gasteiger charge is 2.13. The van der Waals surface area contributed by atoms with E-state index in [1.54, 1.807) is 20.5 Å². The minimum absolute atomic E-state index is 0.674. The van der Waals surface area contributed by atoms with E-state index in [0.717, 1.165) is 39.3 Å². The van der Waals surface area contributed by atoms with E-state index in [-0.39, 0.29) is 0 Å². The first-order chi connectivity index (χ1) is 11.6. The molecule has 5 heteroatoms. The Morgan fingerprint density at radius 2 is 1.88 bits per heavy atom. The minimum Gasteiger partial charge on any atom is -0.497 e. The summed E-state index contributed by atoms with van der Waals surface area (Å²) in [4.78, 5) is 11.0. The number of rotatable bonds is 5. The zero-order valence-corrected chi connectivity index (χ0v) is 14.4. The molecule has 0 aliphatic carbocycles. The van der Waals surface area contributed by atoms with Crippen molar-refractivity contribution in [2.24, 2.45) is 0 Å². The van der Waals surface area contributed by atoms with E-state index in [0.29, 0.717) is 6.54 Å². The van der Waals surface area contributed by atoms with E-state index in [4.69, 9.17) is 9.47 Å². The number of anilines is 1. The molecule has 0 fully saturated rings. The van der Waals surface area contributed by atoms with Crippen LogP contribution in [0.25, 0.3) is 10.9 Å². The molecule has 0 atom stereocenters. The number of aromatic nitrogens is 2. The molecule has 1 heterocycles. The van der Waals surface area contributed by atoms with Gasteiger partial charge in [-0.3, -0.25) is 0 Å². The summed E-state index contributed by atoms with van der Waals surface area (Å²) in [5, 5.41) is 1.08. The van der Waals surface area contributed by atoms with Gasteiger partial charge < -0.3 is 14.4 Å². The summed E-state index contributed by atoms with van der Waals surface area (Å²) in [5.41, 5.74) is 3.19. The Hall–Kier alpha value is -2.82. The average Bonchev–Trinajstić information content (AvgIpc) is 2.61. The van der Waals surface area contributed by atoms with E-state index in [2.05, 4.69) is 27.9 Å². The van der Waals surface area contributed by atoms with Crippen LogP contribution in [0.1, 0.15) is 11.1 Å². The van der Waals surface area contributed by atoms with Crippen molar-refractivity contribution in [1.82, 2.24) is 9.97 Å². The van der Waals surface area contributed by atoms with Gasteiger partial charge in [-0.2, -0.15) is 0 Å². The number of hydrogen-bond donors (Lipinski definition) is 0. The van der Waals surface area contributed by atoms with Crippen LogP contribution in [0.2, 0.25) is 0 Å². The van der Waals surface area contributed by atoms with Gasteiger partial charge in [0, 0.05) is 30.6 Å². The zero-order chi connectivity index (χ0) is 17.1. The Labute approximate surface area is 141 Å². The average molecular weight is 323 g/mol. The molecule has 0 aliphatic rings. The highest BCUT2D eigenvalue weighted by molar-refractivity contribution is 5.92. The minimum atomic E-state index is 0.674. The molecule has 0 aliphatic heterocycles. The molecule has 5 nitrogen and oxygen atoms in total. The molecule has 0 radical (unpaired) electrons. The van der Waals surface area contributed by atoms with Crippen LogP contribution >= 0.6 is 0 Å². The van der Waals surface area contributed by atoms with Crippen molar-refractivity contribution in [2.45, 2.75) is 13.5 Å². The van der Waals surface area contributed by atoms with Crippen molar-refractivity contribution < 1.29 is 9.47 Å². The summed E-state index contributed by atoms with van der Waals surface area (Å²) in [6, 6.07) is 12.0. The lowest BCUT2D eigenvalue weighted by Crippen LogP contribution is -2.19. The van der Waals surface area contributed by atoms with Crippen LogP contribution in [-0.2, 0) is 6.54 Å². The second-order valence-electron chi connectivity index (χ2n) is 5.70. The fourth-order valence-electron chi connectivity index (χ4n) is 2.86. The molecule has 0 amide bonds. The summed E-state index contributed by atoms with van der Waals surface area (Å²) >= 11 is 0. The Kier molecular flexibility index (Phi) is 4.51. The first-order valence-corrected chi connectivity index (χ1v) is 7.76. The first-order valence-electron chi connectivity index (χ1n) is 7.76. The molecule has 0 spiro atoms. The summed E-state index contributed by atoms with van der Waals surface area (Å²) in [6.45, 7) is 2.75. The van der Waals surface area contributed by atoms with Crippen LogP contribution < -0.4 is 14.4 Å². The van der Waals surface area contributed by atoms with Gasteiger partial charge in [-0.1, -0.05) is 12.1 Å². The quantitative estimate of drug-likeness (QED) is 0.718. The van der Waals surface area contributed by atoms with E-state index in [9.17, 15) is 0 Å². The van der Waals surface area contributed by atoms with Gasteiger partial charge in [0.05, 0.1) is 19.7 Å². The van der Waals surface area contributed by atoms with Gasteiger partial charge in [-0.25, -0.2) is 9.97 Å². The second-order valence-corrected chi connectivity index (χ2v) is 5.70. The van der Waals surface area contributed by atoms with Gasteiger partial charge in [0.25, 0.3) is 0 Å². The number of benzene rings is 2. The Morgan fingerprint density at radius 1 is 1.04 bits per heavy atom. The van der Waals surface area contributed by atoms with Crippen LogP contribution in [0, 0.1) is 6.92 Å². The standard InChI is InChI=1S/C19H21N3O2/c1-13-6-5-7-16-18(13)19(21-12-20-16)22(2)11-14-8-9-15(23-3)10-17(14)24-4/h5-10,12H,11H2,1-4H3. The molecule has 0 bridgehead atoms. The Bertz CT molecular complexity index is 859. The highest BCUT2D eigenvalue weighted by atomic mass is 16.5. The lowest BCUT2D eigenvalue weighted by Gasteiger charge is -2.22. The number of hydrogen-bond acceptors (Lipinski definition) is 5. The molecule has 0 saturated carbocycles. The number of ether oxygens (including phenoxy) is 2. The lowest BCUT2D eigenvalue weighted by atomic mass is 10.1. The maximum atomic E-state index is 5.50. The molecule has 0 saturated heterocycles. The monoisotopic (exact) mass is 323 g/mol. The van der Waals surface area contributed by atoms with Crippen molar-refractivity contribution in [3.05, 3.63) is 53.9 Å². The summed E-state index contributed by atoms with van der Waals surface area (Å²) in [6.07, 6.45) is 1.61. The van der Waals surface area contributed by atoms with Gasteiger partial charge in [0.1, 0.15) is 23.6 Å². The van der Waals surface area contributed by atoms with Crippen molar-refractivity contribution in [3.8, 4) is 11.5 Å². The van der Waals surface area contributed by atoms with E-state index < -0.39 is 0 Å². The SMILES string of the molecule is COc1ccc(CN(C)c2ncnc3cccc(C)c23)c(OC)c1.